The van der Waals surface area contributed by atoms with Gasteiger partial charge < -0.3 is 24.2 Å². The molecule has 0 unspecified atom stereocenters. The number of hydrogen-bond donors (Lipinski definition) is 0. The third-order valence-corrected chi connectivity index (χ3v) is 6.29. The number of anilines is 1. The van der Waals surface area contributed by atoms with Crippen molar-refractivity contribution in [3.8, 4) is 0 Å². The molecule has 0 atom stereocenters. The monoisotopic (exact) mass is 386 g/mol. The maximum absolute atomic E-state index is 4.68. The second kappa shape index (κ2) is 9.15. The Morgan fingerprint density at radius 2 is 1.39 bits per heavy atom. The zero-order chi connectivity index (χ0) is 19.3. The van der Waals surface area contributed by atoms with Crippen LogP contribution in [0.1, 0.15) is 20.3 Å². The van der Waals surface area contributed by atoms with E-state index >= 15 is 0 Å². The van der Waals surface area contributed by atoms with Crippen molar-refractivity contribution in [3.63, 3.8) is 0 Å². The second-order valence-electron chi connectivity index (χ2n) is 7.86. The molecule has 4 heterocycles. The molecule has 0 saturated carbocycles. The van der Waals surface area contributed by atoms with Crippen molar-refractivity contribution in [3.05, 3.63) is 12.7 Å². The summed E-state index contributed by atoms with van der Waals surface area (Å²) in [5, 5.41) is 0. The lowest BCUT2D eigenvalue weighted by Crippen LogP contribution is -2.46. The zero-order valence-corrected chi connectivity index (χ0v) is 17.4. The molecule has 0 radical (unpaired) electrons. The van der Waals surface area contributed by atoms with E-state index in [1.165, 1.54) is 32.7 Å². The van der Waals surface area contributed by atoms with Gasteiger partial charge in [0, 0.05) is 58.9 Å². The quantitative estimate of drug-likeness (QED) is 0.703. The van der Waals surface area contributed by atoms with E-state index in [2.05, 4.69) is 53.0 Å². The van der Waals surface area contributed by atoms with Gasteiger partial charge in [-0.05, 0) is 26.1 Å². The van der Waals surface area contributed by atoms with E-state index in [-0.39, 0.29) is 0 Å². The molecular weight excluding hydrogens is 352 g/mol. The molecule has 2 aliphatic rings. The van der Waals surface area contributed by atoms with Crippen LogP contribution in [0.4, 0.5) is 5.82 Å². The number of fused-ring (bicyclic) bond motifs is 1. The Hall–Kier alpha value is -1.77. The van der Waals surface area contributed by atoms with Gasteiger partial charge in [0.2, 0.25) is 0 Å². The van der Waals surface area contributed by atoms with Gasteiger partial charge in [-0.15, -0.1) is 0 Å². The van der Waals surface area contributed by atoms with E-state index in [0.717, 1.165) is 69.2 Å². The Kier molecular flexibility index (Phi) is 6.39. The van der Waals surface area contributed by atoms with E-state index in [9.17, 15) is 0 Å². The van der Waals surface area contributed by atoms with Crippen molar-refractivity contribution in [2.24, 2.45) is 0 Å². The molecule has 0 spiro atoms. The summed E-state index contributed by atoms with van der Waals surface area (Å²) < 4.78 is 2.20. The van der Waals surface area contributed by atoms with E-state index < -0.39 is 0 Å². The van der Waals surface area contributed by atoms with Gasteiger partial charge in [0.15, 0.2) is 17.0 Å². The molecule has 2 saturated heterocycles. The normalized spacial score (nSPS) is 20.3. The second-order valence-corrected chi connectivity index (χ2v) is 7.86. The van der Waals surface area contributed by atoms with Gasteiger partial charge in [-0.1, -0.05) is 13.8 Å². The molecule has 0 aromatic carbocycles. The maximum Gasteiger partial charge on any atom is 0.165 e. The molecule has 2 aromatic heterocycles. The van der Waals surface area contributed by atoms with Crippen LogP contribution in [-0.2, 0) is 6.54 Å². The smallest absolute Gasteiger partial charge is 0.165 e. The first kappa shape index (κ1) is 19.5. The van der Waals surface area contributed by atoms with Crippen molar-refractivity contribution in [2.75, 3.05) is 76.9 Å². The van der Waals surface area contributed by atoms with Gasteiger partial charge >= 0.3 is 0 Å². The Morgan fingerprint density at radius 3 is 2.07 bits per heavy atom. The van der Waals surface area contributed by atoms with Crippen LogP contribution in [0.3, 0.4) is 0 Å². The van der Waals surface area contributed by atoms with Gasteiger partial charge in [0.25, 0.3) is 0 Å². The number of rotatable bonds is 7. The summed E-state index contributed by atoms with van der Waals surface area (Å²) in [5.74, 6) is 0.996. The van der Waals surface area contributed by atoms with Crippen LogP contribution in [0.5, 0.6) is 0 Å². The first-order chi connectivity index (χ1) is 13.8. The fourth-order valence-corrected chi connectivity index (χ4v) is 4.33. The summed E-state index contributed by atoms with van der Waals surface area (Å²) in [5.41, 5.74) is 1.92. The zero-order valence-electron chi connectivity index (χ0n) is 17.4. The van der Waals surface area contributed by atoms with Crippen molar-refractivity contribution in [1.29, 1.82) is 0 Å². The molecule has 154 valence electrons. The fourth-order valence-electron chi connectivity index (χ4n) is 4.33. The van der Waals surface area contributed by atoms with E-state index in [4.69, 9.17) is 0 Å². The van der Waals surface area contributed by atoms with Crippen molar-refractivity contribution < 1.29 is 0 Å². The van der Waals surface area contributed by atoms with Crippen LogP contribution in [0, 0.1) is 0 Å². The molecule has 2 aliphatic heterocycles. The van der Waals surface area contributed by atoms with Gasteiger partial charge in [-0.2, -0.15) is 0 Å². The predicted octanol–water partition coefficient (Wildman–Crippen LogP) is 0.996. The minimum Gasteiger partial charge on any atom is -0.352 e. The molecular formula is C20H34N8. The van der Waals surface area contributed by atoms with Crippen LogP contribution in [-0.4, -0.2) is 106 Å². The highest BCUT2D eigenvalue weighted by Gasteiger charge is 2.21. The Balaban J connectivity index is 1.36. The van der Waals surface area contributed by atoms with E-state index in [1.807, 2.05) is 6.33 Å². The van der Waals surface area contributed by atoms with E-state index in [1.54, 1.807) is 6.33 Å². The molecule has 8 nitrogen and oxygen atoms in total. The van der Waals surface area contributed by atoms with Crippen molar-refractivity contribution >= 4 is 17.0 Å². The number of piperazine rings is 2. The highest BCUT2D eigenvalue weighted by atomic mass is 15.3. The molecule has 0 N–H and O–H groups in total. The number of hydrogen-bond acceptors (Lipinski definition) is 7. The van der Waals surface area contributed by atoms with Crippen molar-refractivity contribution in [2.45, 2.75) is 26.8 Å². The van der Waals surface area contributed by atoms with E-state index in [0.29, 0.717) is 0 Å². The van der Waals surface area contributed by atoms with Gasteiger partial charge in [-0.25, -0.2) is 15.0 Å². The van der Waals surface area contributed by atoms with Crippen LogP contribution in [0.25, 0.3) is 11.2 Å². The standard InChI is InChI=1S/C20H34N8/c1-3-24-8-10-26(11-9-24)6-5-7-28-17-23-18-19(21-16-22-20(18)28)27-14-12-25(4-2)13-15-27/h16-17H,3-15H2,1-2H3. The molecule has 8 heteroatoms. The molecule has 28 heavy (non-hydrogen) atoms. The lowest BCUT2D eigenvalue weighted by atomic mass is 10.3. The molecule has 0 aliphatic carbocycles. The number of aryl methyl sites for hydroxylation is 1. The topological polar surface area (TPSA) is 56.6 Å². The Bertz CT molecular complexity index is 744. The third kappa shape index (κ3) is 4.29. The summed E-state index contributed by atoms with van der Waals surface area (Å²) in [6.07, 6.45) is 4.78. The van der Waals surface area contributed by atoms with Crippen LogP contribution >= 0.6 is 0 Å². The minimum atomic E-state index is 0.948. The summed E-state index contributed by atoms with van der Waals surface area (Å²) in [7, 11) is 0. The average Bonchev–Trinajstić information content (AvgIpc) is 3.17. The van der Waals surface area contributed by atoms with Gasteiger partial charge in [0.1, 0.15) is 6.33 Å². The third-order valence-electron chi connectivity index (χ3n) is 6.29. The average molecular weight is 387 g/mol. The first-order valence-electron chi connectivity index (χ1n) is 10.9. The Morgan fingerprint density at radius 1 is 0.750 bits per heavy atom. The summed E-state index contributed by atoms with van der Waals surface area (Å²) >= 11 is 0. The summed E-state index contributed by atoms with van der Waals surface area (Å²) in [6.45, 7) is 17.9. The van der Waals surface area contributed by atoms with Crippen LogP contribution in [0.15, 0.2) is 12.7 Å². The minimum absolute atomic E-state index is 0.948. The Labute approximate surface area is 168 Å². The lowest BCUT2D eigenvalue weighted by molar-refractivity contribution is 0.135. The molecule has 0 amide bonds. The molecule has 2 aromatic rings. The number of likely N-dealkylation sites (N-methyl/N-ethyl adjacent to an activating group) is 2. The molecule has 2 fully saturated rings. The van der Waals surface area contributed by atoms with Crippen LogP contribution in [0.2, 0.25) is 0 Å². The van der Waals surface area contributed by atoms with Crippen LogP contribution < -0.4 is 4.90 Å². The first-order valence-corrected chi connectivity index (χ1v) is 10.9. The largest absolute Gasteiger partial charge is 0.352 e. The highest BCUT2D eigenvalue weighted by molar-refractivity contribution is 5.83. The SMILES string of the molecule is CCN1CCN(CCCn2cnc3c(N4CCN(CC)CC4)ncnc32)CC1. The summed E-state index contributed by atoms with van der Waals surface area (Å²) in [6, 6.07) is 0. The van der Waals surface area contributed by atoms with Gasteiger partial charge in [-0.3, -0.25) is 0 Å². The fraction of sp³-hybridized carbons (Fsp3) is 0.750. The number of imidazole rings is 1. The molecule has 4 rings (SSSR count). The predicted molar refractivity (Wildman–Crippen MR) is 113 cm³/mol. The number of aromatic nitrogens is 4. The number of nitrogens with zero attached hydrogens (tertiary/aromatic N) is 8. The highest BCUT2D eigenvalue weighted by Crippen LogP contribution is 2.22. The van der Waals surface area contributed by atoms with Crippen molar-refractivity contribution in [1.82, 2.24) is 34.2 Å². The maximum atomic E-state index is 4.68. The lowest BCUT2D eigenvalue weighted by Gasteiger charge is -2.34. The molecule has 0 bridgehead atoms. The summed E-state index contributed by atoms with van der Waals surface area (Å²) in [4.78, 5) is 23.7. The van der Waals surface area contributed by atoms with Gasteiger partial charge in [0.05, 0.1) is 6.33 Å².